The van der Waals surface area contributed by atoms with Gasteiger partial charge < -0.3 is 10.2 Å². The molecule has 2 aromatic heterocycles. The number of anilines is 3. The maximum absolute atomic E-state index is 4.66. The van der Waals surface area contributed by atoms with E-state index in [4.69, 9.17) is 0 Å². The van der Waals surface area contributed by atoms with Crippen LogP contribution in [0, 0.1) is 13.8 Å². The fraction of sp³-hybridized carbons (Fsp3) is 0.235. The number of benzene rings is 1. The smallest absolute Gasteiger partial charge is 0.188 e. The van der Waals surface area contributed by atoms with E-state index < -0.39 is 0 Å². The van der Waals surface area contributed by atoms with Crippen molar-refractivity contribution in [3.05, 3.63) is 47.2 Å². The maximum atomic E-state index is 4.66. The fourth-order valence-electron chi connectivity index (χ4n) is 2.75. The summed E-state index contributed by atoms with van der Waals surface area (Å²) < 4.78 is 0. The SMILES string of the molecule is Cc1cc(-c2csc(Nc3cnccn3)n2)cc(C)c1N(C)C. The lowest BCUT2D eigenvalue weighted by molar-refractivity contribution is 1.10. The van der Waals surface area contributed by atoms with Gasteiger partial charge in [0.25, 0.3) is 0 Å². The average molecular weight is 325 g/mol. The van der Waals surface area contributed by atoms with Gasteiger partial charge in [-0.3, -0.25) is 4.98 Å². The summed E-state index contributed by atoms with van der Waals surface area (Å²) in [6, 6.07) is 4.37. The summed E-state index contributed by atoms with van der Waals surface area (Å²) in [5.41, 5.74) is 5.87. The second-order valence-corrected chi connectivity index (χ2v) is 6.46. The standard InChI is InChI=1S/C17H19N5S/c1-11-7-13(8-12(2)16(11)22(3)4)14-10-23-17(20-14)21-15-9-18-5-6-19-15/h5-10H,1-4H3,(H,19,20,21). The van der Waals surface area contributed by atoms with E-state index in [1.165, 1.54) is 16.8 Å². The first-order chi connectivity index (χ1) is 11.0. The molecule has 0 aliphatic heterocycles. The minimum atomic E-state index is 0.698. The summed E-state index contributed by atoms with van der Waals surface area (Å²) in [5.74, 6) is 0.698. The third-order valence-corrected chi connectivity index (χ3v) is 4.29. The molecule has 0 aliphatic rings. The van der Waals surface area contributed by atoms with Crippen molar-refractivity contribution in [2.45, 2.75) is 13.8 Å². The molecular weight excluding hydrogens is 306 g/mol. The molecule has 0 radical (unpaired) electrons. The quantitative estimate of drug-likeness (QED) is 0.785. The Morgan fingerprint density at radius 2 is 1.83 bits per heavy atom. The molecule has 0 fully saturated rings. The van der Waals surface area contributed by atoms with Gasteiger partial charge in [-0.2, -0.15) is 0 Å². The van der Waals surface area contributed by atoms with Crippen LogP contribution in [0.3, 0.4) is 0 Å². The van der Waals surface area contributed by atoms with Crippen LogP contribution < -0.4 is 10.2 Å². The van der Waals surface area contributed by atoms with E-state index in [1.807, 2.05) is 0 Å². The number of nitrogens with zero attached hydrogens (tertiary/aromatic N) is 4. The molecule has 0 saturated heterocycles. The number of rotatable bonds is 4. The van der Waals surface area contributed by atoms with Gasteiger partial charge in [-0.1, -0.05) is 0 Å². The van der Waals surface area contributed by atoms with Crippen LogP contribution >= 0.6 is 11.3 Å². The van der Waals surface area contributed by atoms with Gasteiger partial charge >= 0.3 is 0 Å². The number of aryl methyl sites for hydroxylation is 2. The van der Waals surface area contributed by atoms with Gasteiger partial charge in [-0.15, -0.1) is 11.3 Å². The zero-order valence-electron chi connectivity index (χ0n) is 13.7. The Labute approximate surface area is 140 Å². The third kappa shape index (κ3) is 3.32. The Morgan fingerprint density at radius 1 is 1.09 bits per heavy atom. The molecule has 1 aromatic carbocycles. The van der Waals surface area contributed by atoms with E-state index in [0.29, 0.717) is 5.82 Å². The molecule has 0 unspecified atom stereocenters. The third-order valence-electron chi connectivity index (χ3n) is 3.54. The van der Waals surface area contributed by atoms with Gasteiger partial charge in [0.05, 0.1) is 11.9 Å². The highest BCUT2D eigenvalue weighted by Gasteiger charge is 2.11. The molecule has 0 aliphatic carbocycles. The zero-order chi connectivity index (χ0) is 16.4. The summed E-state index contributed by atoms with van der Waals surface area (Å²) in [6.07, 6.45) is 4.99. The maximum Gasteiger partial charge on any atom is 0.188 e. The van der Waals surface area contributed by atoms with Crippen LogP contribution in [0.4, 0.5) is 16.6 Å². The van der Waals surface area contributed by atoms with Crippen LogP contribution in [0.25, 0.3) is 11.3 Å². The summed E-state index contributed by atoms with van der Waals surface area (Å²) in [7, 11) is 4.14. The van der Waals surface area contributed by atoms with E-state index in [-0.39, 0.29) is 0 Å². The van der Waals surface area contributed by atoms with Crippen molar-refractivity contribution >= 4 is 28.0 Å². The van der Waals surface area contributed by atoms with Crippen LogP contribution in [-0.2, 0) is 0 Å². The van der Waals surface area contributed by atoms with E-state index in [2.05, 4.69) is 70.6 Å². The molecule has 0 saturated carbocycles. The van der Waals surface area contributed by atoms with Crippen LogP contribution in [0.15, 0.2) is 36.1 Å². The highest BCUT2D eigenvalue weighted by atomic mass is 32.1. The van der Waals surface area contributed by atoms with Crippen molar-refractivity contribution in [1.29, 1.82) is 0 Å². The van der Waals surface area contributed by atoms with Gasteiger partial charge in [0, 0.05) is 43.1 Å². The Morgan fingerprint density at radius 3 is 2.43 bits per heavy atom. The molecule has 3 rings (SSSR count). The van der Waals surface area contributed by atoms with Gasteiger partial charge in [-0.25, -0.2) is 9.97 Å². The second-order valence-electron chi connectivity index (χ2n) is 5.61. The van der Waals surface area contributed by atoms with Crippen LogP contribution in [-0.4, -0.2) is 29.0 Å². The normalized spacial score (nSPS) is 10.6. The first-order valence-electron chi connectivity index (χ1n) is 7.32. The number of aromatic nitrogens is 3. The predicted octanol–water partition coefficient (Wildman–Crippen LogP) is 4.03. The number of hydrogen-bond donors (Lipinski definition) is 1. The van der Waals surface area contributed by atoms with Crippen molar-refractivity contribution in [3.8, 4) is 11.3 Å². The van der Waals surface area contributed by atoms with Crippen LogP contribution in [0.5, 0.6) is 0 Å². The van der Waals surface area contributed by atoms with Crippen LogP contribution in [0.2, 0.25) is 0 Å². The monoisotopic (exact) mass is 325 g/mol. The molecule has 0 spiro atoms. The minimum Gasteiger partial charge on any atom is -0.377 e. The first-order valence-corrected chi connectivity index (χ1v) is 8.20. The average Bonchev–Trinajstić information content (AvgIpc) is 2.95. The van der Waals surface area contributed by atoms with Crippen molar-refractivity contribution in [3.63, 3.8) is 0 Å². The van der Waals surface area contributed by atoms with Crippen molar-refractivity contribution in [2.75, 3.05) is 24.3 Å². The van der Waals surface area contributed by atoms with Crippen molar-refractivity contribution in [2.24, 2.45) is 0 Å². The highest BCUT2D eigenvalue weighted by Crippen LogP contribution is 2.32. The summed E-state index contributed by atoms with van der Waals surface area (Å²) in [5, 5.41) is 6.05. The highest BCUT2D eigenvalue weighted by molar-refractivity contribution is 7.14. The van der Waals surface area contributed by atoms with Crippen molar-refractivity contribution < 1.29 is 0 Å². The molecule has 5 nitrogen and oxygen atoms in total. The molecule has 1 N–H and O–H groups in total. The summed E-state index contributed by atoms with van der Waals surface area (Å²) >= 11 is 1.56. The zero-order valence-corrected chi connectivity index (χ0v) is 14.5. The number of hydrogen-bond acceptors (Lipinski definition) is 6. The predicted molar refractivity (Wildman–Crippen MR) is 96.7 cm³/mol. The molecule has 6 heteroatoms. The van der Waals surface area contributed by atoms with E-state index >= 15 is 0 Å². The van der Waals surface area contributed by atoms with Gasteiger partial charge in [0.1, 0.15) is 0 Å². The molecule has 3 aromatic rings. The lowest BCUT2D eigenvalue weighted by atomic mass is 10.0. The van der Waals surface area contributed by atoms with Gasteiger partial charge in [0.15, 0.2) is 10.9 Å². The minimum absolute atomic E-state index is 0.698. The summed E-state index contributed by atoms with van der Waals surface area (Å²) in [4.78, 5) is 15.1. The Bertz CT molecular complexity index is 788. The summed E-state index contributed by atoms with van der Waals surface area (Å²) in [6.45, 7) is 4.27. The van der Waals surface area contributed by atoms with Gasteiger partial charge in [0.2, 0.25) is 0 Å². The van der Waals surface area contributed by atoms with E-state index in [1.54, 1.807) is 29.9 Å². The van der Waals surface area contributed by atoms with E-state index in [0.717, 1.165) is 16.4 Å². The topological polar surface area (TPSA) is 53.9 Å². The molecule has 2 heterocycles. The Hall–Kier alpha value is -2.47. The number of thiazole rings is 1. The van der Waals surface area contributed by atoms with Gasteiger partial charge in [-0.05, 0) is 37.1 Å². The lowest BCUT2D eigenvalue weighted by Gasteiger charge is -2.19. The van der Waals surface area contributed by atoms with Crippen molar-refractivity contribution in [1.82, 2.24) is 15.0 Å². The number of nitrogens with one attached hydrogen (secondary N) is 1. The molecule has 118 valence electrons. The molecule has 0 atom stereocenters. The molecular formula is C17H19N5S. The molecule has 23 heavy (non-hydrogen) atoms. The molecule has 0 bridgehead atoms. The van der Waals surface area contributed by atoms with Crippen LogP contribution in [0.1, 0.15) is 11.1 Å². The fourth-order valence-corrected chi connectivity index (χ4v) is 3.47. The Balaban J connectivity index is 1.89. The molecule has 0 amide bonds. The second kappa shape index (κ2) is 6.34. The first kappa shape index (κ1) is 15.4. The Kier molecular flexibility index (Phi) is 4.25. The van der Waals surface area contributed by atoms with E-state index in [9.17, 15) is 0 Å². The largest absolute Gasteiger partial charge is 0.377 e. The lowest BCUT2D eigenvalue weighted by Crippen LogP contribution is -2.12.